The number of hydrogen-bond acceptors (Lipinski definition) is 7. The lowest BCUT2D eigenvalue weighted by atomic mass is 10.3. The topological polar surface area (TPSA) is 22.7 Å². The zero-order chi connectivity index (χ0) is 27.0. The first-order chi connectivity index (χ1) is 19.8. The Balaban J connectivity index is 1.01. The van der Waals surface area contributed by atoms with Gasteiger partial charge in [0.05, 0.1) is 0 Å². The van der Waals surface area contributed by atoms with Crippen molar-refractivity contribution in [3.05, 3.63) is 148 Å². The van der Waals surface area contributed by atoms with Crippen LogP contribution in [0.3, 0.4) is 0 Å². The second-order valence-corrected chi connectivity index (χ2v) is 9.73. The molecule has 0 fully saturated rings. The highest BCUT2D eigenvalue weighted by atomic mass is 15.4. The third kappa shape index (κ3) is 6.61. The quantitative estimate of drug-likeness (QED) is 0.321. The van der Waals surface area contributed by atoms with Crippen LogP contribution in [0.4, 0.5) is 17.1 Å². The van der Waals surface area contributed by atoms with E-state index in [0.717, 1.165) is 56.3 Å². The van der Waals surface area contributed by atoms with Crippen LogP contribution in [0.5, 0.6) is 0 Å². The highest BCUT2D eigenvalue weighted by Crippen LogP contribution is 2.24. The van der Waals surface area contributed by atoms with Gasteiger partial charge in [0.25, 0.3) is 0 Å². The van der Waals surface area contributed by atoms with Crippen LogP contribution in [0, 0.1) is 20.0 Å². The summed E-state index contributed by atoms with van der Waals surface area (Å²) in [6, 6.07) is 31.0. The summed E-state index contributed by atoms with van der Waals surface area (Å²) in [5.74, 6) is 0. The van der Waals surface area contributed by atoms with Crippen LogP contribution in [0.2, 0.25) is 0 Å². The third-order valence-electron chi connectivity index (χ3n) is 6.97. The van der Waals surface area contributed by atoms with Crippen LogP contribution in [0.25, 0.3) is 0 Å². The van der Waals surface area contributed by atoms with E-state index in [0.29, 0.717) is 0 Å². The van der Waals surface area contributed by atoms with Crippen molar-refractivity contribution in [2.45, 2.75) is 0 Å². The molecule has 3 heterocycles. The molecule has 7 heteroatoms. The summed E-state index contributed by atoms with van der Waals surface area (Å²) < 4.78 is 0. The van der Waals surface area contributed by atoms with Gasteiger partial charge >= 0.3 is 0 Å². The molecule has 6 radical (unpaired) electrons. The lowest BCUT2D eigenvalue weighted by Crippen LogP contribution is -2.40. The first-order valence-electron chi connectivity index (χ1n) is 13.7. The molecule has 0 N–H and O–H groups in total. The summed E-state index contributed by atoms with van der Waals surface area (Å²) in [6.45, 7) is 15.7. The first kappa shape index (κ1) is 25.9. The Morgan fingerprint density at radius 3 is 1.00 bits per heavy atom. The van der Waals surface area contributed by atoms with Crippen molar-refractivity contribution < 1.29 is 0 Å². The minimum atomic E-state index is 0.860. The molecule has 0 aromatic heterocycles. The molecule has 0 unspecified atom stereocenters. The summed E-state index contributed by atoms with van der Waals surface area (Å²) in [5.41, 5.74) is 3.34. The van der Waals surface area contributed by atoms with Gasteiger partial charge in [-0.05, 0) is 36.4 Å². The fraction of sp³-hybridized carbons (Fsp3) is 0.182. The van der Waals surface area contributed by atoms with E-state index in [9.17, 15) is 0 Å². The first-order valence-corrected chi connectivity index (χ1v) is 13.7. The molecule has 3 aromatic carbocycles. The molecule has 40 heavy (non-hydrogen) atoms. The standard InChI is InChI=1S/C33H33N7/c1-4-10-31(11-5-1)38-25-22-35(28-38)19-16-34(17-20-36-23-26-39(29-36)32-12-6-2-7-13-32)18-21-37-24-27-40(30-37)33-14-8-3-9-15-33/h1-15,22-27H,16-21H2. The van der Waals surface area contributed by atoms with Crippen molar-refractivity contribution in [2.75, 3.05) is 54.0 Å². The Morgan fingerprint density at radius 1 is 0.400 bits per heavy atom. The molecule has 200 valence electrons. The minimum Gasteiger partial charge on any atom is -0.345 e. The van der Waals surface area contributed by atoms with Crippen molar-refractivity contribution in [1.29, 1.82) is 0 Å². The van der Waals surface area contributed by atoms with Crippen molar-refractivity contribution in [3.63, 3.8) is 0 Å². The molecule has 0 aliphatic carbocycles. The van der Waals surface area contributed by atoms with E-state index in [1.165, 1.54) is 0 Å². The molecular formula is C33H33N7. The lowest BCUT2D eigenvalue weighted by Gasteiger charge is -2.29. The maximum Gasteiger partial charge on any atom is 0.212 e. The zero-order valence-electron chi connectivity index (χ0n) is 22.5. The SMILES string of the molecule is [C]1N(CCN(CCN2[C]N(c3ccccc3)C=C2)CCN2[C]N(c3ccccc3)C=C2)C=CN1c1ccccc1. The van der Waals surface area contributed by atoms with Gasteiger partial charge in [0.15, 0.2) is 0 Å². The highest BCUT2D eigenvalue weighted by Gasteiger charge is 2.21. The maximum absolute atomic E-state index is 3.45. The van der Waals surface area contributed by atoms with Gasteiger partial charge in [0.1, 0.15) is 0 Å². The normalized spacial score (nSPS) is 16.4. The molecule has 0 bridgehead atoms. The Bertz CT molecular complexity index is 1120. The van der Waals surface area contributed by atoms with Crippen molar-refractivity contribution in [2.24, 2.45) is 0 Å². The predicted octanol–water partition coefficient (Wildman–Crippen LogP) is 5.16. The second kappa shape index (κ2) is 12.7. The van der Waals surface area contributed by atoms with E-state index in [4.69, 9.17) is 0 Å². The molecule has 6 rings (SSSR count). The highest BCUT2D eigenvalue weighted by molar-refractivity contribution is 5.53. The number of hydrogen-bond donors (Lipinski definition) is 0. The van der Waals surface area contributed by atoms with Gasteiger partial charge < -0.3 is 29.4 Å². The van der Waals surface area contributed by atoms with Crippen LogP contribution in [0.1, 0.15) is 0 Å². The van der Waals surface area contributed by atoms with E-state index < -0.39 is 0 Å². The third-order valence-corrected chi connectivity index (χ3v) is 6.97. The van der Waals surface area contributed by atoms with E-state index in [1.54, 1.807) is 0 Å². The van der Waals surface area contributed by atoms with E-state index in [-0.39, 0.29) is 0 Å². The summed E-state index contributed by atoms with van der Waals surface area (Å²) in [6.07, 6.45) is 12.5. The Labute approximate surface area is 238 Å². The summed E-state index contributed by atoms with van der Waals surface area (Å²) in [5, 5.41) is 0. The van der Waals surface area contributed by atoms with Crippen molar-refractivity contribution >= 4 is 17.1 Å². The molecule has 0 atom stereocenters. The smallest absolute Gasteiger partial charge is 0.212 e. The van der Waals surface area contributed by atoms with Crippen LogP contribution in [0.15, 0.2) is 128 Å². The summed E-state index contributed by atoms with van der Waals surface area (Å²) >= 11 is 0. The summed E-state index contributed by atoms with van der Waals surface area (Å²) in [4.78, 5) is 15.0. The Kier molecular flexibility index (Phi) is 8.20. The fourth-order valence-electron chi connectivity index (χ4n) is 4.71. The number of para-hydroxylation sites is 3. The molecule has 7 nitrogen and oxygen atoms in total. The van der Waals surface area contributed by atoms with Gasteiger partial charge in [-0.3, -0.25) is 4.90 Å². The van der Waals surface area contributed by atoms with E-state index in [2.05, 4.69) is 150 Å². The molecule has 0 saturated heterocycles. The lowest BCUT2D eigenvalue weighted by molar-refractivity contribution is 0.219. The van der Waals surface area contributed by atoms with E-state index in [1.807, 2.05) is 32.9 Å². The number of benzene rings is 3. The predicted molar refractivity (Wildman–Crippen MR) is 160 cm³/mol. The van der Waals surface area contributed by atoms with Gasteiger partial charge in [0, 0.05) is 93.5 Å². The fourth-order valence-corrected chi connectivity index (χ4v) is 4.71. The van der Waals surface area contributed by atoms with Gasteiger partial charge in [-0.2, -0.15) is 0 Å². The van der Waals surface area contributed by atoms with E-state index >= 15 is 0 Å². The average molecular weight is 528 g/mol. The molecule has 3 aromatic rings. The summed E-state index contributed by atoms with van der Waals surface area (Å²) in [7, 11) is 0. The number of anilines is 3. The van der Waals surface area contributed by atoms with Gasteiger partial charge in [-0.1, -0.05) is 54.6 Å². The Hall–Kier alpha value is -4.36. The molecule has 0 amide bonds. The molecule has 3 aliphatic rings. The molecular weight excluding hydrogens is 494 g/mol. The van der Waals surface area contributed by atoms with Crippen molar-refractivity contribution in [1.82, 2.24) is 19.6 Å². The number of nitrogens with zero attached hydrogens (tertiary/aromatic N) is 7. The van der Waals surface area contributed by atoms with Crippen LogP contribution < -0.4 is 14.7 Å². The van der Waals surface area contributed by atoms with Gasteiger partial charge in [-0.15, -0.1) is 0 Å². The molecule has 3 aliphatic heterocycles. The van der Waals surface area contributed by atoms with Crippen molar-refractivity contribution in [3.8, 4) is 0 Å². The second-order valence-electron chi connectivity index (χ2n) is 9.73. The minimum absolute atomic E-state index is 0.860. The molecule has 0 spiro atoms. The largest absolute Gasteiger partial charge is 0.345 e. The van der Waals surface area contributed by atoms with Crippen LogP contribution >= 0.6 is 0 Å². The monoisotopic (exact) mass is 527 g/mol. The van der Waals surface area contributed by atoms with Gasteiger partial charge in [0.2, 0.25) is 20.0 Å². The van der Waals surface area contributed by atoms with Crippen LogP contribution in [-0.4, -0.2) is 58.9 Å². The Morgan fingerprint density at radius 2 is 0.700 bits per heavy atom. The van der Waals surface area contributed by atoms with Crippen LogP contribution in [-0.2, 0) is 0 Å². The molecule has 0 saturated carbocycles. The number of rotatable bonds is 12. The maximum atomic E-state index is 3.45. The van der Waals surface area contributed by atoms with Gasteiger partial charge in [-0.25, -0.2) is 0 Å². The zero-order valence-corrected chi connectivity index (χ0v) is 22.5. The average Bonchev–Trinajstić information content (AvgIpc) is 3.80.